The second kappa shape index (κ2) is 6.04. The third-order valence-electron chi connectivity index (χ3n) is 3.47. The molecule has 0 spiro atoms. The van der Waals surface area contributed by atoms with Crippen molar-refractivity contribution in [1.29, 1.82) is 5.26 Å². The van der Waals surface area contributed by atoms with Crippen molar-refractivity contribution in [2.24, 2.45) is 5.92 Å². The molecule has 1 aromatic heterocycles. The summed E-state index contributed by atoms with van der Waals surface area (Å²) in [5, 5.41) is 12.9. The van der Waals surface area contributed by atoms with E-state index in [-0.39, 0.29) is 11.8 Å². The van der Waals surface area contributed by atoms with Crippen LogP contribution in [0.5, 0.6) is 0 Å². The average molecular weight is 298 g/mol. The van der Waals surface area contributed by atoms with E-state index < -0.39 is 0 Å². The Morgan fingerprint density at radius 3 is 2.90 bits per heavy atom. The van der Waals surface area contributed by atoms with Gasteiger partial charge in [0.15, 0.2) is 6.19 Å². The Bertz CT molecular complexity index is 670. The Balaban J connectivity index is 1.84. The van der Waals surface area contributed by atoms with Gasteiger partial charge in [-0.1, -0.05) is 41.7 Å². The highest BCUT2D eigenvalue weighted by Gasteiger charge is 2.29. The molecule has 0 radical (unpaired) electrons. The lowest BCUT2D eigenvalue weighted by Crippen LogP contribution is -2.33. The molecule has 6 heteroatoms. The standard InChI is InChI=1S/C15H14N4OS/c16-10-19(14(20)12-6-7-17-8-12)15-18-9-13(21-15)11-4-2-1-3-5-11/h1-5,9,12,17H,6-8H2/t12-/m0/s1. The van der Waals surface area contributed by atoms with Crippen molar-refractivity contribution in [2.45, 2.75) is 6.42 Å². The first-order chi connectivity index (χ1) is 10.3. The summed E-state index contributed by atoms with van der Waals surface area (Å²) in [6.07, 6.45) is 4.44. The largest absolute Gasteiger partial charge is 0.316 e. The Hall–Kier alpha value is -2.23. The van der Waals surface area contributed by atoms with Crippen molar-refractivity contribution in [2.75, 3.05) is 18.0 Å². The molecule has 1 N–H and O–H groups in total. The maximum absolute atomic E-state index is 12.4. The van der Waals surface area contributed by atoms with E-state index in [1.165, 1.54) is 11.3 Å². The molecule has 0 unspecified atom stereocenters. The third-order valence-corrected chi connectivity index (χ3v) is 4.50. The van der Waals surface area contributed by atoms with E-state index in [0.717, 1.165) is 28.3 Å². The summed E-state index contributed by atoms with van der Waals surface area (Å²) < 4.78 is 0. The molecule has 1 fully saturated rings. The van der Waals surface area contributed by atoms with Crippen molar-refractivity contribution in [3.05, 3.63) is 36.5 Å². The van der Waals surface area contributed by atoms with E-state index in [4.69, 9.17) is 0 Å². The number of rotatable bonds is 3. The molecule has 0 saturated carbocycles. The Morgan fingerprint density at radius 1 is 1.43 bits per heavy atom. The summed E-state index contributed by atoms with van der Waals surface area (Å²) in [6, 6.07) is 9.81. The average Bonchev–Trinajstić information content (AvgIpc) is 3.21. The molecule has 1 amide bonds. The fraction of sp³-hybridized carbons (Fsp3) is 0.267. The number of amides is 1. The number of nitriles is 1. The molecule has 0 bridgehead atoms. The molecule has 106 valence electrons. The lowest BCUT2D eigenvalue weighted by molar-refractivity contribution is -0.121. The maximum Gasteiger partial charge on any atom is 0.246 e. The number of nitrogens with zero attached hydrogens (tertiary/aromatic N) is 3. The summed E-state index contributed by atoms with van der Waals surface area (Å²) in [7, 11) is 0. The minimum absolute atomic E-state index is 0.131. The molecule has 1 aromatic carbocycles. The highest BCUT2D eigenvalue weighted by molar-refractivity contribution is 7.19. The molecular formula is C15H14N4OS. The first-order valence-electron chi connectivity index (χ1n) is 6.75. The highest BCUT2D eigenvalue weighted by Crippen LogP contribution is 2.31. The zero-order valence-corrected chi connectivity index (χ0v) is 12.1. The number of hydrogen-bond acceptors (Lipinski definition) is 5. The fourth-order valence-electron chi connectivity index (χ4n) is 2.34. The van der Waals surface area contributed by atoms with Crippen molar-refractivity contribution < 1.29 is 4.79 Å². The van der Waals surface area contributed by atoms with Gasteiger partial charge in [0.2, 0.25) is 11.0 Å². The second-order valence-corrected chi connectivity index (χ2v) is 5.85. The Kier molecular flexibility index (Phi) is 3.95. The van der Waals surface area contributed by atoms with Crippen LogP contribution in [0.15, 0.2) is 36.5 Å². The third kappa shape index (κ3) is 2.79. The van der Waals surface area contributed by atoms with Gasteiger partial charge in [-0.15, -0.1) is 0 Å². The van der Waals surface area contributed by atoms with Crippen LogP contribution >= 0.6 is 11.3 Å². The zero-order chi connectivity index (χ0) is 14.7. The topological polar surface area (TPSA) is 69.0 Å². The summed E-state index contributed by atoms with van der Waals surface area (Å²) in [5.41, 5.74) is 1.04. The van der Waals surface area contributed by atoms with Crippen LogP contribution in [0.25, 0.3) is 10.4 Å². The first-order valence-corrected chi connectivity index (χ1v) is 7.57. The number of carbonyl (C=O) groups excluding carboxylic acids is 1. The summed E-state index contributed by atoms with van der Waals surface area (Å²) in [6.45, 7) is 1.46. The van der Waals surface area contributed by atoms with E-state index in [1.54, 1.807) is 6.20 Å². The van der Waals surface area contributed by atoms with Crippen LogP contribution in [-0.4, -0.2) is 24.0 Å². The minimum atomic E-state index is -0.170. The van der Waals surface area contributed by atoms with Gasteiger partial charge in [0.1, 0.15) is 0 Å². The van der Waals surface area contributed by atoms with E-state index in [0.29, 0.717) is 11.7 Å². The van der Waals surface area contributed by atoms with Crippen molar-refractivity contribution in [3.8, 4) is 16.6 Å². The van der Waals surface area contributed by atoms with Gasteiger partial charge < -0.3 is 5.32 Å². The Labute approximate surface area is 126 Å². The van der Waals surface area contributed by atoms with Gasteiger partial charge in [-0.25, -0.2) is 4.98 Å². The lowest BCUT2D eigenvalue weighted by atomic mass is 10.1. The second-order valence-electron chi connectivity index (χ2n) is 4.84. The molecule has 2 heterocycles. The van der Waals surface area contributed by atoms with Gasteiger partial charge in [-0.3, -0.25) is 4.79 Å². The molecule has 1 aliphatic rings. The number of thiazole rings is 1. The molecule has 5 nitrogen and oxygen atoms in total. The molecule has 0 aliphatic carbocycles. The maximum atomic E-state index is 12.4. The van der Waals surface area contributed by atoms with Gasteiger partial charge in [0.25, 0.3) is 0 Å². The number of benzene rings is 1. The van der Waals surface area contributed by atoms with Crippen LogP contribution in [-0.2, 0) is 4.79 Å². The van der Waals surface area contributed by atoms with Gasteiger partial charge in [0.05, 0.1) is 10.8 Å². The zero-order valence-electron chi connectivity index (χ0n) is 11.3. The smallest absolute Gasteiger partial charge is 0.246 e. The predicted molar refractivity (Wildman–Crippen MR) is 81.6 cm³/mol. The van der Waals surface area contributed by atoms with Crippen LogP contribution in [0.2, 0.25) is 0 Å². The van der Waals surface area contributed by atoms with Gasteiger partial charge in [-0.2, -0.15) is 10.2 Å². The number of nitrogens with one attached hydrogen (secondary N) is 1. The van der Waals surface area contributed by atoms with Gasteiger partial charge in [-0.05, 0) is 18.5 Å². The van der Waals surface area contributed by atoms with E-state index in [2.05, 4.69) is 10.3 Å². The summed E-state index contributed by atoms with van der Waals surface area (Å²) in [4.78, 5) is 18.7. The van der Waals surface area contributed by atoms with E-state index in [9.17, 15) is 10.1 Å². The van der Waals surface area contributed by atoms with Gasteiger partial charge >= 0.3 is 0 Å². The lowest BCUT2D eigenvalue weighted by Gasteiger charge is -2.14. The molecule has 1 aliphatic heterocycles. The number of aromatic nitrogens is 1. The van der Waals surface area contributed by atoms with E-state index in [1.807, 2.05) is 36.5 Å². The normalized spacial score (nSPS) is 17.4. The quantitative estimate of drug-likeness (QED) is 0.697. The van der Waals surface area contributed by atoms with Gasteiger partial charge in [0, 0.05) is 12.7 Å². The minimum Gasteiger partial charge on any atom is -0.316 e. The van der Waals surface area contributed by atoms with Crippen LogP contribution in [0.1, 0.15) is 6.42 Å². The van der Waals surface area contributed by atoms with Crippen LogP contribution in [0.3, 0.4) is 0 Å². The summed E-state index contributed by atoms with van der Waals surface area (Å²) in [5.74, 6) is -0.301. The number of anilines is 1. The fourth-order valence-corrected chi connectivity index (χ4v) is 3.22. The number of hydrogen-bond donors (Lipinski definition) is 1. The first kappa shape index (κ1) is 13.7. The Morgan fingerprint density at radius 2 is 2.24 bits per heavy atom. The predicted octanol–water partition coefficient (Wildman–Crippen LogP) is 2.23. The van der Waals surface area contributed by atoms with Crippen molar-refractivity contribution >= 4 is 22.4 Å². The molecule has 21 heavy (non-hydrogen) atoms. The van der Waals surface area contributed by atoms with E-state index >= 15 is 0 Å². The molecule has 1 saturated heterocycles. The SMILES string of the molecule is N#CN(C(=O)[C@H]1CCNC1)c1ncc(-c2ccccc2)s1. The molecule has 3 rings (SSSR count). The van der Waals surface area contributed by atoms with Crippen LogP contribution in [0, 0.1) is 17.4 Å². The number of carbonyl (C=O) groups is 1. The van der Waals surface area contributed by atoms with Crippen molar-refractivity contribution in [3.63, 3.8) is 0 Å². The van der Waals surface area contributed by atoms with Crippen LogP contribution < -0.4 is 10.2 Å². The molecule has 1 atom stereocenters. The van der Waals surface area contributed by atoms with Crippen molar-refractivity contribution in [1.82, 2.24) is 10.3 Å². The molecule has 2 aromatic rings. The van der Waals surface area contributed by atoms with Crippen LogP contribution in [0.4, 0.5) is 5.13 Å². The highest BCUT2D eigenvalue weighted by atomic mass is 32.1. The summed E-state index contributed by atoms with van der Waals surface area (Å²) >= 11 is 1.36. The monoisotopic (exact) mass is 298 g/mol. The molecular weight excluding hydrogens is 284 g/mol.